The molecule has 1 amide bonds. The Labute approximate surface area is 132 Å². The lowest BCUT2D eigenvalue weighted by Crippen LogP contribution is -2.40. The number of rotatable bonds is 6. The van der Waals surface area contributed by atoms with Gasteiger partial charge in [0.1, 0.15) is 0 Å². The number of hydrogen-bond donors (Lipinski definition) is 1. The van der Waals surface area contributed by atoms with Gasteiger partial charge < -0.3 is 10.1 Å². The number of hydrogen-bond acceptors (Lipinski definition) is 3. The molecule has 0 spiro atoms. The third-order valence-corrected chi connectivity index (χ3v) is 4.38. The Hall–Kier alpha value is -1.39. The standard InChI is InChI=1S/C18H26N2O2/c21-18(11-15-7-8-15)19-12-17-14-20(9-4-10-22-17)13-16-5-2-1-3-6-16/h1-3,5-6,15,17H,4,7-14H2,(H,19,21)/t17-/m0/s1. The van der Waals surface area contributed by atoms with Crippen molar-refractivity contribution in [3.8, 4) is 0 Å². The van der Waals surface area contributed by atoms with Gasteiger partial charge in [0.2, 0.25) is 5.91 Å². The molecule has 1 aromatic rings. The van der Waals surface area contributed by atoms with E-state index < -0.39 is 0 Å². The summed E-state index contributed by atoms with van der Waals surface area (Å²) in [6.45, 7) is 4.32. The smallest absolute Gasteiger partial charge is 0.220 e. The Bertz CT molecular complexity index is 473. The van der Waals surface area contributed by atoms with E-state index in [9.17, 15) is 4.79 Å². The number of ether oxygens (including phenoxy) is 1. The zero-order chi connectivity index (χ0) is 15.2. The van der Waals surface area contributed by atoms with Gasteiger partial charge in [-0.05, 0) is 30.7 Å². The average Bonchev–Trinajstić information content (AvgIpc) is 3.34. The molecule has 1 N–H and O–H groups in total. The first-order valence-electron chi connectivity index (χ1n) is 8.44. The fraction of sp³-hybridized carbons (Fsp3) is 0.611. The van der Waals surface area contributed by atoms with Gasteiger partial charge in [-0.25, -0.2) is 0 Å². The van der Waals surface area contributed by atoms with Crippen molar-refractivity contribution in [3.05, 3.63) is 35.9 Å². The normalized spacial score (nSPS) is 23.0. The quantitative estimate of drug-likeness (QED) is 0.876. The molecule has 2 fully saturated rings. The predicted molar refractivity (Wildman–Crippen MR) is 86.4 cm³/mol. The first-order chi connectivity index (χ1) is 10.8. The largest absolute Gasteiger partial charge is 0.375 e. The molecule has 1 heterocycles. The number of nitrogens with one attached hydrogen (secondary N) is 1. The van der Waals surface area contributed by atoms with E-state index in [0.29, 0.717) is 18.9 Å². The molecule has 4 heteroatoms. The van der Waals surface area contributed by atoms with Crippen molar-refractivity contribution in [1.82, 2.24) is 10.2 Å². The molecular formula is C18H26N2O2. The number of carbonyl (C=O) groups is 1. The van der Waals surface area contributed by atoms with Crippen LogP contribution in [0.25, 0.3) is 0 Å². The maximum Gasteiger partial charge on any atom is 0.220 e. The topological polar surface area (TPSA) is 41.6 Å². The SMILES string of the molecule is O=C(CC1CC1)NC[C@H]1CN(Cc2ccccc2)CCCO1. The average molecular weight is 302 g/mol. The summed E-state index contributed by atoms with van der Waals surface area (Å²) in [4.78, 5) is 14.2. The number of amides is 1. The molecule has 1 saturated carbocycles. The van der Waals surface area contributed by atoms with Crippen molar-refractivity contribution >= 4 is 5.91 Å². The summed E-state index contributed by atoms with van der Waals surface area (Å²) in [7, 11) is 0. The van der Waals surface area contributed by atoms with Crippen LogP contribution >= 0.6 is 0 Å². The van der Waals surface area contributed by atoms with Gasteiger partial charge in [0.15, 0.2) is 0 Å². The fourth-order valence-corrected chi connectivity index (χ4v) is 2.96. The van der Waals surface area contributed by atoms with E-state index in [4.69, 9.17) is 4.74 Å². The molecule has 120 valence electrons. The minimum atomic E-state index is 0.106. The first kappa shape index (κ1) is 15.5. The van der Waals surface area contributed by atoms with Gasteiger partial charge in [0.05, 0.1) is 6.10 Å². The minimum absolute atomic E-state index is 0.106. The van der Waals surface area contributed by atoms with Gasteiger partial charge in [-0.2, -0.15) is 0 Å². The molecule has 22 heavy (non-hydrogen) atoms. The molecule has 2 aliphatic rings. The zero-order valence-electron chi connectivity index (χ0n) is 13.2. The number of benzene rings is 1. The summed E-state index contributed by atoms with van der Waals surface area (Å²) in [5.41, 5.74) is 1.33. The van der Waals surface area contributed by atoms with E-state index >= 15 is 0 Å². The van der Waals surface area contributed by atoms with Crippen LogP contribution in [-0.4, -0.2) is 43.2 Å². The summed E-state index contributed by atoms with van der Waals surface area (Å²) in [5.74, 6) is 0.828. The lowest BCUT2D eigenvalue weighted by molar-refractivity contribution is -0.122. The van der Waals surface area contributed by atoms with Gasteiger partial charge >= 0.3 is 0 Å². The molecule has 1 saturated heterocycles. The Kier molecular flexibility index (Phi) is 5.46. The zero-order valence-corrected chi connectivity index (χ0v) is 13.2. The molecule has 1 aromatic carbocycles. The Morgan fingerprint density at radius 3 is 2.86 bits per heavy atom. The van der Waals surface area contributed by atoms with E-state index in [1.165, 1.54) is 18.4 Å². The molecule has 0 aromatic heterocycles. The van der Waals surface area contributed by atoms with Crippen molar-refractivity contribution in [2.75, 3.05) is 26.2 Å². The minimum Gasteiger partial charge on any atom is -0.375 e. The third-order valence-electron chi connectivity index (χ3n) is 4.38. The van der Waals surface area contributed by atoms with Crippen molar-refractivity contribution < 1.29 is 9.53 Å². The lowest BCUT2D eigenvalue weighted by Gasteiger charge is -2.24. The van der Waals surface area contributed by atoms with E-state index in [2.05, 4.69) is 34.5 Å². The molecule has 3 rings (SSSR count). The molecule has 1 aliphatic carbocycles. The van der Waals surface area contributed by atoms with Gasteiger partial charge in [-0.15, -0.1) is 0 Å². The second-order valence-electron chi connectivity index (χ2n) is 6.52. The van der Waals surface area contributed by atoms with Crippen molar-refractivity contribution in [2.45, 2.75) is 38.3 Å². The van der Waals surface area contributed by atoms with Crippen LogP contribution in [0.5, 0.6) is 0 Å². The molecule has 0 bridgehead atoms. The Morgan fingerprint density at radius 2 is 2.09 bits per heavy atom. The maximum absolute atomic E-state index is 11.8. The monoisotopic (exact) mass is 302 g/mol. The Morgan fingerprint density at radius 1 is 1.27 bits per heavy atom. The van der Waals surface area contributed by atoms with Crippen LogP contribution in [0.15, 0.2) is 30.3 Å². The van der Waals surface area contributed by atoms with E-state index in [-0.39, 0.29) is 12.0 Å². The second kappa shape index (κ2) is 7.75. The highest BCUT2D eigenvalue weighted by atomic mass is 16.5. The fourth-order valence-electron chi connectivity index (χ4n) is 2.96. The molecule has 1 atom stereocenters. The predicted octanol–water partition coefficient (Wildman–Crippen LogP) is 2.19. The van der Waals surface area contributed by atoms with E-state index in [0.717, 1.165) is 32.7 Å². The van der Waals surface area contributed by atoms with Gasteiger partial charge in [-0.3, -0.25) is 9.69 Å². The Balaban J connectivity index is 1.45. The molecule has 0 unspecified atom stereocenters. The van der Waals surface area contributed by atoms with E-state index in [1.54, 1.807) is 0 Å². The highest BCUT2D eigenvalue weighted by molar-refractivity contribution is 5.76. The summed E-state index contributed by atoms with van der Waals surface area (Å²) in [6, 6.07) is 10.5. The van der Waals surface area contributed by atoms with Crippen molar-refractivity contribution in [2.24, 2.45) is 5.92 Å². The summed E-state index contributed by atoms with van der Waals surface area (Å²) >= 11 is 0. The van der Waals surface area contributed by atoms with Crippen LogP contribution in [0.3, 0.4) is 0 Å². The highest BCUT2D eigenvalue weighted by Crippen LogP contribution is 2.32. The van der Waals surface area contributed by atoms with Gasteiger partial charge in [0, 0.05) is 39.2 Å². The molecular weight excluding hydrogens is 276 g/mol. The first-order valence-corrected chi connectivity index (χ1v) is 8.44. The number of nitrogens with zero attached hydrogens (tertiary/aromatic N) is 1. The van der Waals surface area contributed by atoms with Gasteiger partial charge in [-0.1, -0.05) is 30.3 Å². The molecule has 1 aliphatic heterocycles. The number of carbonyl (C=O) groups excluding carboxylic acids is 1. The van der Waals surface area contributed by atoms with Crippen LogP contribution in [0.1, 0.15) is 31.2 Å². The maximum atomic E-state index is 11.8. The van der Waals surface area contributed by atoms with Crippen LogP contribution in [-0.2, 0) is 16.1 Å². The highest BCUT2D eigenvalue weighted by Gasteiger charge is 2.25. The van der Waals surface area contributed by atoms with Crippen LogP contribution < -0.4 is 5.32 Å². The molecule has 4 nitrogen and oxygen atoms in total. The van der Waals surface area contributed by atoms with Crippen molar-refractivity contribution in [3.63, 3.8) is 0 Å². The van der Waals surface area contributed by atoms with Gasteiger partial charge in [0.25, 0.3) is 0 Å². The van der Waals surface area contributed by atoms with Crippen molar-refractivity contribution in [1.29, 1.82) is 0 Å². The summed E-state index contributed by atoms with van der Waals surface area (Å²) < 4.78 is 5.89. The third kappa shape index (κ3) is 5.11. The molecule has 0 radical (unpaired) electrons. The van der Waals surface area contributed by atoms with Crippen LogP contribution in [0.4, 0.5) is 0 Å². The van der Waals surface area contributed by atoms with Crippen LogP contribution in [0.2, 0.25) is 0 Å². The lowest BCUT2D eigenvalue weighted by atomic mass is 10.2. The second-order valence-corrected chi connectivity index (χ2v) is 6.52. The van der Waals surface area contributed by atoms with Crippen LogP contribution in [0, 0.1) is 5.92 Å². The summed E-state index contributed by atoms with van der Waals surface area (Å²) in [5, 5.41) is 3.05. The van der Waals surface area contributed by atoms with E-state index in [1.807, 2.05) is 6.07 Å². The summed E-state index contributed by atoms with van der Waals surface area (Å²) in [6.07, 6.45) is 4.30.